The highest BCUT2D eigenvalue weighted by Gasteiger charge is 2.03. The molecule has 0 aliphatic rings. The van der Waals surface area contributed by atoms with Crippen LogP contribution in [-0.2, 0) is 0 Å². The monoisotopic (exact) mass is 338 g/mol. The highest BCUT2D eigenvalue weighted by atomic mass is 14.1. The van der Waals surface area contributed by atoms with Crippen LogP contribution in [0, 0.1) is 11.8 Å². The molecule has 0 nitrogen and oxygen atoms in total. The predicted molar refractivity (Wildman–Crippen MR) is 113 cm³/mol. The normalized spacial score (nSPS) is 14.0. The molecule has 0 aromatic heterocycles. The van der Waals surface area contributed by atoms with Crippen LogP contribution in [0.15, 0.2) is 0 Å². The lowest BCUT2D eigenvalue weighted by molar-refractivity contribution is 0.425. The summed E-state index contributed by atoms with van der Waals surface area (Å²) < 4.78 is 0. The van der Waals surface area contributed by atoms with Gasteiger partial charge < -0.3 is 0 Å². The minimum Gasteiger partial charge on any atom is -0.0654 e. The Morgan fingerprint density at radius 1 is 0.417 bits per heavy atom. The Morgan fingerprint density at radius 2 is 0.750 bits per heavy atom. The average Bonchev–Trinajstić information content (AvgIpc) is 2.59. The van der Waals surface area contributed by atoms with Crippen LogP contribution in [0.25, 0.3) is 0 Å². The first-order valence-corrected chi connectivity index (χ1v) is 11.7. The Kier molecular flexibility index (Phi) is 19.3. The first-order valence-electron chi connectivity index (χ1n) is 11.7. The molecular weight excluding hydrogens is 288 g/mol. The third-order valence-electron chi connectivity index (χ3n) is 5.89. The summed E-state index contributed by atoms with van der Waals surface area (Å²) in [6.45, 7) is 9.50. The van der Waals surface area contributed by atoms with E-state index >= 15 is 0 Å². The number of unbranched alkanes of at least 4 members (excludes halogenated alkanes) is 12. The third kappa shape index (κ3) is 18.3. The van der Waals surface area contributed by atoms with Crippen molar-refractivity contribution in [1.29, 1.82) is 0 Å². The molecule has 0 aliphatic carbocycles. The van der Waals surface area contributed by atoms with Crippen molar-refractivity contribution in [3.63, 3.8) is 0 Å². The summed E-state index contributed by atoms with van der Waals surface area (Å²) in [6, 6.07) is 0. The Labute approximate surface area is 155 Å². The lowest BCUT2D eigenvalue weighted by Crippen LogP contribution is -1.95. The smallest absolute Gasteiger partial charge is 0.0443 e. The van der Waals surface area contributed by atoms with Gasteiger partial charge in [0.1, 0.15) is 0 Å². The zero-order valence-corrected chi connectivity index (χ0v) is 17.9. The molecule has 0 N–H and O–H groups in total. The van der Waals surface area contributed by atoms with Crippen molar-refractivity contribution >= 4 is 0 Å². The van der Waals surface area contributed by atoms with Crippen LogP contribution in [0.5, 0.6) is 0 Å². The van der Waals surface area contributed by atoms with Crippen LogP contribution in [0.3, 0.4) is 0 Å². The Hall–Kier alpha value is 0. The molecule has 2 atom stereocenters. The van der Waals surface area contributed by atoms with Gasteiger partial charge in [-0.3, -0.25) is 0 Å². The van der Waals surface area contributed by atoms with Gasteiger partial charge in [0.15, 0.2) is 0 Å². The van der Waals surface area contributed by atoms with E-state index in [1.54, 1.807) is 0 Å². The van der Waals surface area contributed by atoms with E-state index in [1.807, 2.05) is 0 Å². The molecule has 2 unspecified atom stereocenters. The second-order valence-electron chi connectivity index (χ2n) is 8.58. The quantitative estimate of drug-likeness (QED) is 0.206. The van der Waals surface area contributed by atoms with Crippen molar-refractivity contribution in [2.75, 3.05) is 0 Å². The highest BCUT2D eigenvalue weighted by molar-refractivity contribution is 4.56. The molecule has 0 fully saturated rings. The molecule has 0 saturated heterocycles. The summed E-state index contributed by atoms with van der Waals surface area (Å²) in [7, 11) is 0. The van der Waals surface area contributed by atoms with E-state index in [1.165, 1.54) is 116 Å². The fourth-order valence-electron chi connectivity index (χ4n) is 3.67. The van der Waals surface area contributed by atoms with Crippen molar-refractivity contribution in [2.24, 2.45) is 11.8 Å². The first-order chi connectivity index (χ1) is 11.7. The van der Waals surface area contributed by atoms with Gasteiger partial charge in [-0.2, -0.15) is 0 Å². The van der Waals surface area contributed by atoms with Gasteiger partial charge in [-0.15, -0.1) is 0 Å². The number of hydrogen-bond acceptors (Lipinski definition) is 0. The second-order valence-corrected chi connectivity index (χ2v) is 8.58. The molecular formula is C24H50. The molecule has 0 aliphatic heterocycles. The van der Waals surface area contributed by atoms with Gasteiger partial charge in [0.05, 0.1) is 0 Å². The molecule has 0 radical (unpaired) electrons. The fourth-order valence-corrected chi connectivity index (χ4v) is 3.67. The Bertz CT molecular complexity index is 220. The topological polar surface area (TPSA) is 0 Å². The molecule has 0 saturated carbocycles. The number of hydrogen-bond donors (Lipinski definition) is 0. The maximum absolute atomic E-state index is 2.48. The minimum atomic E-state index is 0.946. The zero-order chi connectivity index (χ0) is 17.9. The Morgan fingerprint density at radius 3 is 1.12 bits per heavy atom. The van der Waals surface area contributed by atoms with Crippen LogP contribution < -0.4 is 0 Å². The molecule has 0 aromatic rings. The van der Waals surface area contributed by atoms with Gasteiger partial charge >= 0.3 is 0 Å². The van der Waals surface area contributed by atoms with Gasteiger partial charge in [-0.05, 0) is 11.8 Å². The van der Waals surface area contributed by atoms with E-state index < -0.39 is 0 Å². The largest absolute Gasteiger partial charge is 0.0654 e. The fraction of sp³-hybridized carbons (Fsp3) is 1.00. The Balaban J connectivity index is 3.17. The summed E-state index contributed by atoms with van der Waals surface area (Å²) in [5.41, 5.74) is 0. The lowest BCUT2D eigenvalue weighted by Gasteiger charge is -2.11. The molecule has 146 valence electrons. The maximum Gasteiger partial charge on any atom is -0.0443 e. The van der Waals surface area contributed by atoms with Crippen LogP contribution in [-0.4, -0.2) is 0 Å². The van der Waals surface area contributed by atoms with Crippen LogP contribution in [0.1, 0.15) is 143 Å². The van der Waals surface area contributed by atoms with E-state index in [2.05, 4.69) is 27.7 Å². The van der Waals surface area contributed by atoms with Crippen molar-refractivity contribution in [3.05, 3.63) is 0 Å². The van der Waals surface area contributed by atoms with Crippen molar-refractivity contribution in [3.8, 4) is 0 Å². The van der Waals surface area contributed by atoms with E-state index in [0.717, 1.165) is 11.8 Å². The molecule has 0 heterocycles. The van der Waals surface area contributed by atoms with Gasteiger partial charge in [-0.1, -0.05) is 143 Å². The van der Waals surface area contributed by atoms with Crippen molar-refractivity contribution in [2.45, 2.75) is 143 Å². The zero-order valence-electron chi connectivity index (χ0n) is 17.9. The van der Waals surface area contributed by atoms with Crippen molar-refractivity contribution in [1.82, 2.24) is 0 Å². The third-order valence-corrected chi connectivity index (χ3v) is 5.89. The van der Waals surface area contributed by atoms with Crippen LogP contribution in [0.2, 0.25) is 0 Å². The van der Waals surface area contributed by atoms with Gasteiger partial charge in [0, 0.05) is 0 Å². The molecule has 0 aromatic carbocycles. The minimum absolute atomic E-state index is 0.946. The van der Waals surface area contributed by atoms with Gasteiger partial charge in [-0.25, -0.2) is 0 Å². The predicted octanol–water partition coefficient (Wildman–Crippen LogP) is 9.32. The summed E-state index contributed by atoms with van der Waals surface area (Å²) in [4.78, 5) is 0. The summed E-state index contributed by atoms with van der Waals surface area (Å²) in [6.07, 6.45) is 26.3. The summed E-state index contributed by atoms with van der Waals surface area (Å²) in [5, 5.41) is 0. The summed E-state index contributed by atoms with van der Waals surface area (Å²) >= 11 is 0. The highest BCUT2D eigenvalue weighted by Crippen LogP contribution is 2.19. The maximum atomic E-state index is 2.48. The average molecular weight is 339 g/mol. The summed E-state index contributed by atoms with van der Waals surface area (Å²) in [5.74, 6) is 1.91. The van der Waals surface area contributed by atoms with E-state index in [4.69, 9.17) is 0 Å². The molecule has 0 amide bonds. The van der Waals surface area contributed by atoms with E-state index in [-0.39, 0.29) is 0 Å². The van der Waals surface area contributed by atoms with Crippen LogP contribution in [0.4, 0.5) is 0 Å². The standard InChI is InChI=1S/C24H50/c1-5-7-8-9-10-11-12-14-18-21-24(4)22-19-16-13-15-17-20-23(3)6-2/h23-24H,5-22H2,1-4H3. The van der Waals surface area contributed by atoms with Crippen LogP contribution >= 0.6 is 0 Å². The van der Waals surface area contributed by atoms with E-state index in [0.29, 0.717) is 0 Å². The molecule has 0 spiro atoms. The molecule has 0 bridgehead atoms. The first kappa shape index (κ1) is 24.0. The van der Waals surface area contributed by atoms with Gasteiger partial charge in [0.25, 0.3) is 0 Å². The van der Waals surface area contributed by atoms with E-state index in [9.17, 15) is 0 Å². The second kappa shape index (κ2) is 19.3. The molecule has 24 heavy (non-hydrogen) atoms. The van der Waals surface area contributed by atoms with Gasteiger partial charge in [0.2, 0.25) is 0 Å². The molecule has 0 heteroatoms. The SMILES string of the molecule is CCCCCCCCCCCC(C)CCCCCCCC(C)CC. The van der Waals surface area contributed by atoms with Crippen molar-refractivity contribution < 1.29 is 0 Å². The lowest BCUT2D eigenvalue weighted by atomic mass is 9.95. The number of rotatable bonds is 19. The molecule has 0 rings (SSSR count).